The highest BCUT2D eigenvalue weighted by Gasteiger charge is 2.14. The predicted octanol–water partition coefficient (Wildman–Crippen LogP) is 6.55. The highest BCUT2D eigenvalue weighted by molar-refractivity contribution is 6.04. The van der Waals surface area contributed by atoms with Crippen LogP contribution in [0.4, 0.5) is 5.69 Å². The zero-order chi connectivity index (χ0) is 18.5. The Labute approximate surface area is 154 Å². The topological polar surface area (TPSA) is 25.2 Å². The highest BCUT2D eigenvalue weighted by Crippen LogP contribution is 2.38. The minimum absolute atomic E-state index is 0.721. The first kappa shape index (κ1) is 17.3. The summed E-state index contributed by atoms with van der Waals surface area (Å²) in [6.45, 7) is 15.7. The van der Waals surface area contributed by atoms with Crippen LogP contribution in [-0.4, -0.2) is 11.7 Å². The van der Waals surface area contributed by atoms with Crippen LogP contribution >= 0.6 is 0 Å². The summed E-state index contributed by atoms with van der Waals surface area (Å²) >= 11 is 0. The Morgan fingerprint density at radius 2 is 1.77 bits per heavy atom. The molecule has 0 fully saturated rings. The molecule has 0 radical (unpaired) electrons. The number of nitrogens with zero attached hydrogens (tertiary/aromatic N) is 2. The number of aliphatic imine (C=N–C) groups is 1. The van der Waals surface area contributed by atoms with E-state index in [1.807, 2.05) is 42.5 Å². The van der Waals surface area contributed by atoms with Gasteiger partial charge < -0.3 is 0 Å². The molecule has 0 saturated heterocycles. The number of hydrogen-bond donors (Lipinski definition) is 0. The fraction of sp³-hybridized carbons (Fsp3) is 0. The maximum Gasteiger partial charge on any atom is 0.0970 e. The first-order valence-electron chi connectivity index (χ1n) is 8.29. The van der Waals surface area contributed by atoms with Crippen molar-refractivity contribution in [3.8, 4) is 11.1 Å². The second-order valence-electron chi connectivity index (χ2n) is 5.84. The van der Waals surface area contributed by atoms with E-state index in [1.165, 1.54) is 0 Å². The Morgan fingerprint density at radius 3 is 2.46 bits per heavy atom. The molecule has 2 aromatic carbocycles. The van der Waals surface area contributed by atoms with Gasteiger partial charge in [0.15, 0.2) is 0 Å². The van der Waals surface area contributed by atoms with Gasteiger partial charge in [-0.05, 0) is 35.1 Å². The molecule has 1 heterocycles. The van der Waals surface area contributed by atoms with Gasteiger partial charge in [-0.15, -0.1) is 0 Å². The first-order chi connectivity index (χ1) is 12.7. The summed E-state index contributed by atoms with van der Waals surface area (Å²) in [5.74, 6) is 0. The second kappa shape index (κ2) is 7.58. The molecule has 0 bridgehead atoms. The number of fused-ring (bicyclic) bond motifs is 1. The van der Waals surface area contributed by atoms with Gasteiger partial charge in [-0.3, -0.25) is 9.98 Å². The van der Waals surface area contributed by atoms with Gasteiger partial charge in [-0.1, -0.05) is 80.4 Å². The lowest BCUT2D eigenvalue weighted by Gasteiger charge is -2.13. The lowest BCUT2D eigenvalue weighted by atomic mass is 9.94. The van der Waals surface area contributed by atoms with Gasteiger partial charge in [0, 0.05) is 17.1 Å². The Balaban J connectivity index is 2.19. The molecule has 0 aliphatic rings. The molecule has 1 aromatic heterocycles. The van der Waals surface area contributed by atoms with Crippen LogP contribution in [-0.2, 0) is 0 Å². The molecule has 26 heavy (non-hydrogen) atoms. The van der Waals surface area contributed by atoms with Gasteiger partial charge in [-0.25, -0.2) is 0 Å². The Morgan fingerprint density at radius 1 is 1.00 bits per heavy atom. The van der Waals surface area contributed by atoms with E-state index in [1.54, 1.807) is 12.3 Å². The van der Waals surface area contributed by atoms with Crippen molar-refractivity contribution in [3.63, 3.8) is 0 Å². The second-order valence-corrected chi connectivity index (χ2v) is 5.84. The van der Waals surface area contributed by atoms with Crippen molar-refractivity contribution in [1.29, 1.82) is 0 Å². The van der Waals surface area contributed by atoms with E-state index in [2.05, 4.69) is 54.6 Å². The zero-order valence-electron chi connectivity index (χ0n) is 14.7. The fourth-order valence-corrected chi connectivity index (χ4v) is 2.93. The molecule has 3 aromatic rings. The molecule has 2 heteroatoms. The summed E-state index contributed by atoms with van der Waals surface area (Å²) in [7, 11) is 0. The number of aromatic nitrogens is 1. The normalized spacial score (nSPS) is 10.8. The minimum Gasteiger partial charge on any atom is -0.262 e. The molecule has 2 nitrogen and oxygen atoms in total. The van der Waals surface area contributed by atoms with Crippen LogP contribution < -0.4 is 0 Å². The van der Waals surface area contributed by atoms with Crippen LogP contribution in [0.1, 0.15) is 5.56 Å². The lowest BCUT2D eigenvalue weighted by molar-refractivity contribution is 1.38. The van der Waals surface area contributed by atoms with Gasteiger partial charge in [0.25, 0.3) is 0 Å². The van der Waals surface area contributed by atoms with Crippen LogP contribution in [0.15, 0.2) is 103 Å². The SMILES string of the molecule is C=C/C=C\C(=C)C(=C)c1ccc2c(-c3ccccc3)ccnc2c1N=C. The van der Waals surface area contributed by atoms with Gasteiger partial charge in [0.2, 0.25) is 0 Å². The summed E-state index contributed by atoms with van der Waals surface area (Å²) in [4.78, 5) is 8.82. The third-order valence-corrected chi connectivity index (χ3v) is 4.28. The molecule has 3 rings (SSSR count). The van der Waals surface area contributed by atoms with E-state index in [9.17, 15) is 0 Å². The largest absolute Gasteiger partial charge is 0.262 e. The van der Waals surface area contributed by atoms with Gasteiger partial charge >= 0.3 is 0 Å². The number of pyridine rings is 1. The fourth-order valence-electron chi connectivity index (χ4n) is 2.93. The Kier molecular flexibility index (Phi) is 5.04. The van der Waals surface area contributed by atoms with E-state index in [-0.39, 0.29) is 0 Å². The van der Waals surface area contributed by atoms with Gasteiger partial charge in [0.1, 0.15) is 0 Å². The molecular weight excluding hydrogens is 316 g/mol. The number of allylic oxidation sites excluding steroid dienone is 5. The average molecular weight is 336 g/mol. The molecule has 0 N–H and O–H groups in total. The van der Waals surface area contributed by atoms with E-state index in [4.69, 9.17) is 0 Å². The van der Waals surface area contributed by atoms with Gasteiger partial charge in [0.05, 0.1) is 11.2 Å². The van der Waals surface area contributed by atoms with Crippen molar-refractivity contribution >= 4 is 28.9 Å². The Bertz CT molecular complexity index is 1040. The third kappa shape index (κ3) is 3.17. The minimum atomic E-state index is 0.721. The van der Waals surface area contributed by atoms with Crippen molar-refractivity contribution < 1.29 is 0 Å². The molecule has 0 amide bonds. The molecule has 126 valence electrons. The maximum atomic E-state index is 4.56. The van der Waals surface area contributed by atoms with E-state index < -0.39 is 0 Å². The lowest BCUT2D eigenvalue weighted by Crippen LogP contribution is -1.91. The Hall–Kier alpha value is -3.52. The average Bonchev–Trinajstić information content (AvgIpc) is 2.70. The number of hydrogen-bond acceptors (Lipinski definition) is 2. The van der Waals surface area contributed by atoms with Crippen LogP contribution in [0.3, 0.4) is 0 Å². The van der Waals surface area contributed by atoms with Crippen LogP contribution in [0.25, 0.3) is 27.6 Å². The van der Waals surface area contributed by atoms with E-state index in [0.717, 1.165) is 44.4 Å². The predicted molar refractivity (Wildman–Crippen MR) is 114 cm³/mol. The molecule has 0 spiro atoms. The van der Waals surface area contributed by atoms with Crippen molar-refractivity contribution in [1.82, 2.24) is 4.98 Å². The number of benzene rings is 2. The van der Waals surface area contributed by atoms with Crippen LogP contribution in [0, 0.1) is 0 Å². The molecule has 0 atom stereocenters. The van der Waals surface area contributed by atoms with Crippen LogP contribution in [0.2, 0.25) is 0 Å². The smallest absolute Gasteiger partial charge is 0.0970 e. The summed E-state index contributed by atoms with van der Waals surface area (Å²) in [5, 5.41) is 1.03. The standard InChI is InChI=1S/C24H20N2/c1-5-6-10-17(2)18(3)20-13-14-22-21(19-11-8-7-9-12-19)15-16-26-24(22)23(20)25-4/h5-16H,1-4H2/b10-6-. The molecule has 0 aliphatic carbocycles. The molecule has 0 aliphatic heterocycles. The highest BCUT2D eigenvalue weighted by atomic mass is 14.8. The summed E-state index contributed by atoms with van der Waals surface area (Å²) < 4.78 is 0. The quantitative estimate of drug-likeness (QED) is 0.370. The monoisotopic (exact) mass is 336 g/mol. The van der Waals surface area contributed by atoms with Crippen molar-refractivity contribution in [2.24, 2.45) is 4.99 Å². The number of rotatable bonds is 6. The van der Waals surface area contributed by atoms with E-state index in [0.29, 0.717) is 0 Å². The van der Waals surface area contributed by atoms with Crippen molar-refractivity contribution in [3.05, 3.63) is 104 Å². The molecule has 0 saturated carbocycles. The first-order valence-corrected chi connectivity index (χ1v) is 8.29. The third-order valence-electron chi connectivity index (χ3n) is 4.28. The molecule has 0 unspecified atom stereocenters. The molecular formula is C24H20N2. The van der Waals surface area contributed by atoms with E-state index >= 15 is 0 Å². The zero-order valence-corrected chi connectivity index (χ0v) is 14.7. The summed E-state index contributed by atoms with van der Waals surface area (Å²) in [5.41, 5.74) is 6.25. The van der Waals surface area contributed by atoms with Crippen molar-refractivity contribution in [2.45, 2.75) is 0 Å². The van der Waals surface area contributed by atoms with Gasteiger partial charge in [-0.2, -0.15) is 0 Å². The summed E-state index contributed by atoms with van der Waals surface area (Å²) in [6, 6.07) is 16.3. The van der Waals surface area contributed by atoms with Crippen LogP contribution in [0.5, 0.6) is 0 Å². The maximum absolute atomic E-state index is 4.56. The summed E-state index contributed by atoms with van der Waals surface area (Å²) in [6.07, 6.45) is 7.22. The van der Waals surface area contributed by atoms with Crippen molar-refractivity contribution in [2.75, 3.05) is 0 Å².